The van der Waals surface area contributed by atoms with Crippen molar-refractivity contribution in [2.45, 2.75) is 264 Å². The molecule has 0 aliphatic carbocycles. The summed E-state index contributed by atoms with van der Waals surface area (Å²) in [7, 11) is 5.54. The predicted molar refractivity (Wildman–Crippen MR) is 271 cm³/mol. The fourth-order valence-electron chi connectivity index (χ4n) is 8.06. The molecule has 0 aromatic heterocycles. The Morgan fingerprint density at radius 2 is 0.828 bits per heavy atom. The van der Waals surface area contributed by atoms with Crippen molar-refractivity contribution >= 4 is 17.9 Å². The number of likely N-dealkylation sites (N-methyl/N-ethyl adjacent to an activating group) is 1. The quantitative estimate of drug-likeness (QED) is 0.0281. The smallest absolute Gasteiger partial charge is 0.362 e. The molecule has 0 aromatic rings. The molecule has 0 fully saturated rings. The van der Waals surface area contributed by atoms with E-state index in [1.165, 1.54) is 173 Å². The average Bonchev–Trinajstić information content (AvgIpc) is 3.26. The van der Waals surface area contributed by atoms with E-state index in [4.69, 9.17) is 14.2 Å². The molecule has 8 heteroatoms. The maximum absolute atomic E-state index is 12.8. The number of allylic oxidation sites excluding steroid dienone is 6. The summed E-state index contributed by atoms with van der Waals surface area (Å²) in [6.45, 7) is 4.74. The van der Waals surface area contributed by atoms with Crippen LogP contribution in [0.1, 0.15) is 251 Å². The summed E-state index contributed by atoms with van der Waals surface area (Å²) in [5.41, 5.74) is 0. The minimum absolute atomic E-state index is 0.0515. The van der Waals surface area contributed by atoms with Gasteiger partial charge in [-0.2, -0.15) is 0 Å². The number of nitrogens with zero attached hydrogens (tertiary/aromatic N) is 1. The van der Waals surface area contributed by atoms with Crippen LogP contribution in [0.4, 0.5) is 0 Å². The van der Waals surface area contributed by atoms with Gasteiger partial charge < -0.3 is 23.8 Å². The highest BCUT2D eigenvalue weighted by Crippen LogP contribution is 2.16. The van der Waals surface area contributed by atoms with Gasteiger partial charge in [-0.3, -0.25) is 9.59 Å². The van der Waals surface area contributed by atoms with Crippen LogP contribution in [0.2, 0.25) is 0 Å². The van der Waals surface area contributed by atoms with Crippen molar-refractivity contribution < 1.29 is 38.2 Å². The summed E-state index contributed by atoms with van der Waals surface area (Å²) in [5.74, 6) is -1.46. The van der Waals surface area contributed by atoms with Crippen LogP contribution < -0.4 is 0 Å². The van der Waals surface area contributed by atoms with Crippen LogP contribution in [-0.2, 0) is 28.6 Å². The van der Waals surface area contributed by atoms with E-state index in [1.54, 1.807) is 0 Å². The molecule has 0 spiro atoms. The number of unbranched alkanes of at least 4 members (excludes halogenated alkanes) is 29. The normalized spacial score (nSPS) is 13.1. The highest BCUT2D eigenvalue weighted by Gasteiger charge is 2.31. The first-order chi connectivity index (χ1) is 31.1. The van der Waals surface area contributed by atoms with Gasteiger partial charge in [0.25, 0.3) is 0 Å². The van der Waals surface area contributed by atoms with Crippen molar-refractivity contribution in [3.8, 4) is 0 Å². The van der Waals surface area contributed by atoms with Crippen LogP contribution in [-0.4, -0.2) is 80.6 Å². The molecule has 0 saturated carbocycles. The summed E-state index contributed by atoms with van der Waals surface area (Å²) in [5, 5.41) is 9.66. The number of ether oxygens (including phenoxy) is 3. The molecule has 2 unspecified atom stereocenters. The van der Waals surface area contributed by atoms with Crippen LogP contribution in [0.15, 0.2) is 36.5 Å². The van der Waals surface area contributed by atoms with Crippen LogP contribution in [0, 0.1) is 0 Å². The van der Waals surface area contributed by atoms with Gasteiger partial charge >= 0.3 is 17.9 Å². The molecular formula is C56H104NO7+. The number of quaternary nitrogens is 1. The van der Waals surface area contributed by atoms with Crippen LogP contribution in [0.3, 0.4) is 0 Å². The van der Waals surface area contributed by atoms with Gasteiger partial charge in [-0.1, -0.05) is 198 Å². The number of carbonyl (C=O) groups excluding carboxylic acids is 2. The molecule has 0 aliphatic heterocycles. The van der Waals surface area contributed by atoms with E-state index in [-0.39, 0.29) is 36.2 Å². The Bertz CT molecular complexity index is 1140. The third-order valence-electron chi connectivity index (χ3n) is 12.3. The summed E-state index contributed by atoms with van der Waals surface area (Å²) in [6.07, 6.45) is 56.2. The highest BCUT2D eigenvalue weighted by atomic mass is 16.6. The molecular weight excluding hydrogens is 799 g/mol. The van der Waals surface area contributed by atoms with Crippen molar-refractivity contribution in [1.82, 2.24) is 0 Å². The Morgan fingerprint density at radius 1 is 0.469 bits per heavy atom. The molecule has 0 saturated heterocycles. The molecule has 0 heterocycles. The third kappa shape index (κ3) is 44.7. The standard InChI is InChI=1S/C56H103NO7/c1-6-8-10-12-14-16-18-20-22-24-26-27-29-30-32-34-36-38-40-42-44-46-54(58)63-51-52(50-62-49-48-53(56(60)61)57(3,4)5)64-55(59)47-45-43-41-39-37-35-33-31-28-25-23-21-19-17-15-13-11-9-7-2/h15,17,21,23-24,26,52-53H,6-14,16,18-20,22,25,27-51H2,1-5H3/p+1/b17-15-,23-21-,26-24-. The van der Waals surface area contributed by atoms with Crippen molar-refractivity contribution in [3.63, 3.8) is 0 Å². The molecule has 64 heavy (non-hydrogen) atoms. The number of carboxylic acids is 1. The number of rotatable bonds is 49. The molecule has 1 N–H and O–H groups in total. The number of carbonyl (C=O) groups is 3. The molecule has 0 radical (unpaired) electrons. The van der Waals surface area contributed by atoms with Gasteiger partial charge in [0.05, 0.1) is 34.4 Å². The maximum Gasteiger partial charge on any atom is 0.362 e. The fraction of sp³-hybridized carbons (Fsp3) is 0.839. The Kier molecular flexibility index (Phi) is 45.3. The zero-order valence-electron chi connectivity index (χ0n) is 42.7. The summed E-state index contributed by atoms with van der Waals surface area (Å²) < 4.78 is 17.4. The third-order valence-corrected chi connectivity index (χ3v) is 12.3. The topological polar surface area (TPSA) is 99.1 Å². The van der Waals surface area contributed by atoms with Crippen molar-refractivity contribution in [3.05, 3.63) is 36.5 Å². The Hall–Kier alpha value is -2.45. The number of esters is 2. The molecule has 0 rings (SSSR count). The van der Waals surface area contributed by atoms with Gasteiger partial charge in [0, 0.05) is 19.3 Å². The van der Waals surface area contributed by atoms with Crippen LogP contribution in [0.25, 0.3) is 0 Å². The first-order valence-electron chi connectivity index (χ1n) is 27.0. The van der Waals surface area contributed by atoms with Gasteiger partial charge in [0.15, 0.2) is 12.1 Å². The van der Waals surface area contributed by atoms with E-state index in [0.717, 1.165) is 44.9 Å². The lowest BCUT2D eigenvalue weighted by Gasteiger charge is -2.31. The van der Waals surface area contributed by atoms with E-state index in [1.807, 2.05) is 21.1 Å². The molecule has 8 nitrogen and oxygen atoms in total. The largest absolute Gasteiger partial charge is 0.477 e. The van der Waals surface area contributed by atoms with Crippen molar-refractivity contribution in [2.75, 3.05) is 41.0 Å². The number of hydrogen-bond donors (Lipinski definition) is 1. The molecule has 0 amide bonds. The molecule has 0 aliphatic rings. The van der Waals surface area contributed by atoms with Crippen LogP contribution >= 0.6 is 0 Å². The number of carboxylic acid groups (broad SMARTS) is 1. The minimum Gasteiger partial charge on any atom is -0.477 e. The van der Waals surface area contributed by atoms with Gasteiger partial charge in [-0.15, -0.1) is 0 Å². The maximum atomic E-state index is 12.8. The van der Waals surface area contributed by atoms with Crippen molar-refractivity contribution in [1.29, 1.82) is 0 Å². The SMILES string of the molecule is CCCCC/C=C\C/C=C\CCCCCCCCCCCC(=O)OC(COCCC(C(=O)O)[N+](C)(C)C)COC(=O)CCCCCCCCCCC/C=C\CCCCCCCCCC. The predicted octanol–water partition coefficient (Wildman–Crippen LogP) is 15.8. The second kappa shape index (κ2) is 47.1. The first kappa shape index (κ1) is 61.5. The van der Waals surface area contributed by atoms with E-state index < -0.39 is 18.1 Å². The van der Waals surface area contributed by atoms with E-state index in [2.05, 4.69) is 50.3 Å². The van der Waals surface area contributed by atoms with Gasteiger partial charge in [-0.25, -0.2) is 4.79 Å². The van der Waals surface area contributed by atoms with Gasteiger partial charge in [0.2, 0.25) is 0 Å². The lowest BCUT2D eigenvalue weighted by molar-refractivity contribution is -0.887. The minimum atomic E-state index is -0.874. The Balaban J connectivity index is 4.20. The number of hydrogen-bond acceptors (Lipinski definition) is 6. The second-order valence-corrected chi connectivity index (χ2v) is 19.5. The Morgan fingerprint density at radius 3 is 1.25 bits per heavy atom. The van der Waals surface area contributed by atoms with Gasteiger partial charge in [0.1, 0.15) is 6.61 Å². The first-order valence-corrected chi connectivity index (χ1v) is 27.0. The molecule has 0 aromatic carbocycles. The van der Waals surface area contributed by atoms with Crippen LogP contribution in [0.5, 0.6) is 0 Å². The Labute approximate surface area is 395 Å². The summed E-state index contributed by atoms with van der Waals surface area (Å²) in [6, 6.07) is -0.616. The lowest BCUT2D eigenvalue weighted by atomic mass is 10.1. The average molecular weight is 903 g/mol. The zero-order valence-corrected chi connectivity index (χ0v) is 42.7. The number of aliphatic carboxylic acids is 1. The highest BCUT2D eigenvalue weighted by molar-refractivity contribution is 5.72. The fourth-order valence-corrected chi connectivity index (χ4v) is 8.06. The van der Waals surface area contributed by atoms with Crippen molar-refractivity contribution in [2.24, 2.45) is 0 Å². The summed E-state index contributed by atoms with van der Waals surface area (Å²) >= 11 is 0. The molecule has 0 bridgehead atoms. The van der Waals surface area contributed by atoms with E-state index in [0.29, 0.717) is 19.3 Å². The summed E-state index contributed by atoms with van der Waals surface area (Å²) in [4.78, 5) is 37.2. The van der Waals surface area contributed by atoms with Gasteiger partial charge in [-0.05, 0) is 70.6 Å². The zero-order chi connectivity index (χ0) is 47.0. The second-order valence-electron chi connectivity index (χ2n) is 19.5. The molecule has 374 valence electrons. The van der Waals surface area contributed by atoms with E-state index >= 15 is 0 Å². The van der Waals surface area contributed by atoms with E-state index in [9.17, 15) is 19.5 Å². The monoisotopic (exact) mass is 903 g/mol. The lowest BCUT2D eigenvalue weighted by Crippen LogP contribution is -2.50. The molecule has 2 atom stereocenters.